The first-order valence-corrected chi connectivity index (χ1v) is 7.18. The molecule has 2 N–H and O–H groups in total. The Balaban J connectivity index is 1.97. The normalized spacial score (nSPS) is 41.4. The monoisotopic (exact) mass is 224 g/mol. The summed E-state index contributed by atoms with van der Waals surface area (Å²) in [6, 6.07) is 0.800. The zero-order valence-electron chi connectivity index (χ0n) is 11.0. The zero-order valence-corrected chi connectivity index (χ0v) is 11.0. The lowest BCUT2D eigenvalue weighted by atomic mass is 9.76. The highest BCUT2D eigenvalue weighted by molar-refractivity contribution is 4.89. The van der Waals surface area contributed by atoms with Crippen LogP contribution in [0.2, 0.25) is 0 Å². The van der Waals surface area contributed by atoms with Crippen LogP contribution in [0.4, 0.5) is 0 Å². The van der Waals surface area contributed by atoms with Crippen molar-refractivity contribution in [1.82, 2.24) is 4.90 Å². The lowest BCUT2D eigenvalue weighted by Gasteiger charge is -2.41. The summed E-state index contributed by atoms with van der Waals surface area (Å²) in [4.78, 5) is 2.74. The van der Waals surface area contributed by atoms with Gasteiger partial charge in [0.1, 0.15) is 0 Å². The van der Waals surface area contributed by atoms with Crippen LogP contribution in [-0.2, 0) is 0 Å². The molecule has 2 rings (SSSR count). The van der Waals surface area contributed by atoms with Crippen LogP contribution in [-0.4, -0.2) is 30.6 Å². The second-order valence-electron chi connectivity index (χ2n) is 6.04. The van der Waals surface area contributed by atoms with Gasteiger partial charge in [0, 0.05) is 12.6 Å². The van der Waals surface area contributed by atoms with Gasteiger partial charge in [0.25, 0.3) is 0 Å². The predicted molar refractivity (Wildman–Crippen MR) is 69.3 cm³/mol. The Morgan fingerprint density at radius 3 is 2.62 bits per heavy atom. The maximum absolute atomic E-state index is 5.96. The second kappa shape index (κ2) is 5.50. The molecule has 0 aromatic rings. The lowest BCUT2D eigenvalue weighted by molar-refractivity contribution is 0.0979. The summed E-state index contributed by atoms with van der Waals surface area (Å²) in [5, 5.41) is 0. The molecule has 2 aliphatic rings. The maximum atomic E-state index is 5.96. The lowest BCUT2D eigenvalue weighted by Crippen LogP contribution is -2.45. The number of hydrogen-bond donors (Lipinski definition) is 1. The van der Waals surface area contributed by atoms with Crippen molar-refractivity contribution in [2.75, 3.05) is 19.6 Å². The minimum atomic E-state index is 0.771. The molecule has 2 nitrogen and oxygen atoms in total. The number of hydrogen-bond acceptors (Lipinski definition) is 2. The van der Waals surface area contributed by atoms with Gasteiger partial charge in [-0.3, -0.25) is 4.90 Å². The van der Waals surface area contributed by atoms with Crippen LogP contribution in [0.25, 0.3) is 0 Å². The molecule has 2 fully saturated rings. The maximum Gasteiger partial charge on any atom is 0.0138 e. The molecule has 1 aliphatic carbocycles. The highest BCUT2D eigenvalue weighted by Gasteiger charge is 2.35. The molecule has 94 valence electrons. The molecule has 2 heteroatoms. The Hall–Kier alpha value is -0.0800. The number of rotatable bonds is 3. The summed E-state index contributed by atoms with van der Waals surface area (Å²) >= 11 is 0. The van der Waals surface area contributed by atoms with E-state index in [1.165, 1.54) is 45.2 Å². The van der Waals surface area contributed by atoms with Gasteiger partial charge in [-0.15, -0.1) is 0 Å². The van der Waals surface area contributed by atoms with E-state index in [4.69, 9.17) is 5.73 Å². The van der Waals surface area contributed by atoms with E-state index in [1.807, 2.05) is 0 Å². The molecule has 1 heterocycles. The summed E-state index contributed by atoms with van der Waals surface area (Å²) in [5.41, 5.74) is 5.96. The minimum Gasteiger partial charge on any atom is -0.330 e. The van der Waals surface area contributed by atoms with E-state index < -0.39 is 0 Å². The number of nitrogens with zero attached hydrogens (tertiary/aromatic N) is 1. The molecule has 1 aliphatic heterocycles. The Morgan fingerprint density at radius 2 is 2.06 bits per heavy atom. The van der Waals surface area contributed by atoms with E-state index in [-0.39, 0.29) is 0 Å². The molecular formula is C14H28N2. The van der Waals surface area contributed by atoms with Gasteiger partial charge in [0.2, 0.25) is 0 Å². The molecule has 4 atom stereocenters. The standard InChI is InChI=1S/C14H28N2/c1-3-12-4-5-13(9-15)14(8-12)16-7-6-11(2)10-16/h11-14H,3-10,15H2,1-2H3. The molecule has 0 bridgehead atoms. The Kier molecular flexibility index (Phi) is 4.26. The van der Waals surface area contributed by atoms with E-state index in [9.17, 15) is 0 Å². The molecule has 1 saturated carbocycles. The fraction of sp³-hybridized carbons (Fsp3) is 1.00. The van der Waals surface area contributed by atoms with Crippen molar-refractivity contribution in [3.63, 3.8) is 0 Å². The third-order valence-electron chi connectivity index (χ3n) is 4.87. The molecule has 0 radical (unpaired) electrons. The predicted octanol–water partition coefficient (Wildman–Crippen LogP) is 2.48. The highest BCUT2D eigenvalue weighted by atomic mass is 15.2. The van der Waals surface area contributed by atoms with Gasteiger partial charge in [0.05, 0.1) is 0 Å². The third-order valence-corrected chi connectivity index (χ3v) is 4.87. The van der Waals surface area contributed by atoms with Crippen molar-refractivity contribution in [2.24, 2.45) is 23.5 Å². The number of nitrogens with two attached hydrogens (primary N) is 1. The van der Waals surface area contributed by atoms with Crippen molar-refractivity contribution in [1.29, 1.82) is 0 Å². The fourth-order valence-electron chi connectivity index (χ4n) is 3.66. The first-order valence-electron chi connectivity index (χ1n) is 7.18. The van der Waals surface area contributed by atoms with Gasteiger partial charge in [-0.25, -0.2) is 0 Å². The Bertz CT molecular complexity index is 217. The molecule has 0 amide bonds. The molecule has 16 heavy (non-hydrogen) atoms. The van der Waals surface area contributed by atoms with E-state index in [1.54, 1.807) is 0 Å². The molecular weight excluding hydrogens is 196 g/mol. The van der Waals surface area contributed by atoms with E-state index in [2.05, 4.69) is 18.7 Å². The van der Waals surface area contributed by atoms with Gasteiger partial charge >= 0.3 is 0 Å². The summed E-state index contributed by atoms with van der Waals surface area (Å²) in [5.74, 6) is 2.64. The molecule has 0 aromatic carbocycles. The van der Waals surface area contributed by atoms with Crippen LogP contribution >= 0.6 is 0 Å². The van der Waals surface area contributed by atoms with Crippen molar-refractivity contribution < 1.29 is 0 Å². The second-order valence-corrected chi connectivity index (χ2v) is 6.04. The van der Waals surface area contributed by atoms with Crippen LogP contribution in [0.15, 0.2) is 0 Å². The largest absolute Gasteiger partial charge is 0.330 e. The van der Waals surface area contributed by atoms with E-state index in [0.29, 0.717) is 0 Å². The van der Waals surface area contributed by atoms with Crippen LogP contribution in [0, 0.1) is 17.8 Å². The summed E-state index contributed by atoms with van der Waals surface area (Å²) in [6.07, 6.45) is 6.94. The average molecular weight is 224 g/mol. The first-order chi connectivity index (χ1) is 7.74. The Labute approximate surface area is 101 Å². The van der Waals surface area contributed by atoms with Crippen LogP contribution in [0.1, 0.15) is 46.0 Å². The summed E-state index contributed by atoms with van der Waals surface area (Å²) in [6.45, 7) is 8.26. The minimum absolute atomic E-state index is 0.771. The molecule has 1 saturated heterocycles. The smallest absolute Gasteiger partial charge is 0.0138 e. The van der Waals surface area contributed by atoms with Crippen LogP contribution in [0.3, 0.4) is 0 Å². The molecule has 0 aromatic heterocycles. The van der Waals surface area contributed by atoms with E-state index >= 15 is 0 Å². The van der Waals surface area contributed by atoms with Gasteiger partial charge < -0.3 is 5.73 Å². The topological polar surface area (TPSA) is 29.3 Å². The van der Waals surface area contributed by atoms with Gasteiger partial charge in [-0.1, -0.05) is 26.7 Å². The third kappa shape index (κ3) is 2.60. The fourth-order valence-corrected chi connectivity index (χ4v) is 3.66. The van der Waals surface area contributed by atoms with Crippen molar-refractivity contribution >= 4 is 0 Å². The average Bonchev–Trinajstić information content (AvgIpc) is 2.75. The van der Waals surface area contributed by atoms with Crippen LogP contribution < -0.4 is 5.73 Å². The van der Waals surface area contributed by atoms with Crippen molar-refractivity contribution in [2.45, 2.75) is 52.0 Å². The van der Waals surface area contributed by atoms with Gasteiger partial charge in [-0.2, -0.15) is 0 Å². The quantitative estimate of drug-likeness (QED) is 0.798. The van der Waals surface area contributed by atoms with Crippen LogP contribution in [0.5, 0.6) is 0 Å². The SMILES string of the molecule is CCC1CCC(CN)C(N2CCC(C)C2)C1. The highest BCUT2D eigenvalue weighted by Crippen LogP contribution is 2.35. The van der Waals surface area contributed by atoms with Gasteiger partial charge in [-0.05, 0) is 50.1 Å². The zero-order chi connectivity index (χ0) is 11.5. The molecule has 4 unspecified atom stereocenters. The van der Waals surface area contributed by atoms with Gasteiger partial charge in [0.15, 0.2) is 0 Å². The summed E-state index contributed by atoms with van der Waals surface area (Å²) < 4.78 is 0. The summed E-state index contributed by atoms with van der Waals surface area (Å²) in [7, 11) is 0. The number of likely N-dealkylation sites (tertiary alicyclic amines) is 1. The molecule has 0 spiro atoms. The Morgan fingerprint density at radius 1 is 1.25 bits per heavy atom. The van der Waals surface area contributed by atoms with Crippen molar-refractivity contribution in [3.05, 3.63) is 0 Å². The van der Waals surface area contributed by atoms with E-state index in [0.717, 1.165) is 30.3 Å². The van der Waals surface area contributed by atoms with Crippen molar-refractivity contribution in [3.8, 4) is 0 Å². The first kappa shape index (κ1) is 12.4.